The molecule has 0 amide bonds. The Labute approximate surface area is 108 Å². The number of benzene rings is 1. The molecule has 0 aliphatic heterocycles. The zero-order valence-corrected chi connectivity index (χ0v) is 11.6. The van der Waals surface area contributed by atoms with Crippen LogP contribution in [0.4, 0.5) is 0 Å². The lowest BCUT2D eigenvalue weighted by Crippen LogP contribution is -2.21. The molecule has 2 rings (SSSR count). The van der Waals surface area contributed by atoms with Crippen molar-refractivity contribution in [2.45, 2.75) is 32.9 Å². The van der Waals surface area contributed by atoms with Crippen LogP contribution in [0.2, 0.25) is 0 Å². The van der Waals surface area contributed by atoms with Gasteiger partial charge in [0.25, 0.3) is 0 Å². The summed E-state index contributed by atoms with van der Waals surface area (Å²) >= 11 is 0. The van der Waals surface area contributed by atoms with Crippen molar-refractivity contribution in [3.05, 3.63) is 30.5 Å². The lowest BCUT2D eigenvalue weighted by Gasteiger charge is -2.19. The third-order valence-corrected chi connectivity index (χ3v) is 2.85. The Kier molecular flexibility index (Phi) is 3.62. The maximum Gasteiger partial charge on any atom is 0.119 e. The summed E-state index contributed by atoms with van der Waals surface area (Å²) in [4.78, 5) is 0. The third kappa shape index (κ3) is 3.05. The molecule has 2 aromatic rings. The van der Waals surface area contributed by atoms with E-state index in [0.29, 0.717) is 0 Å². The summed E-state index contributed by atoms with van der Waals surface area (Å²) < 4.78 is 13.2. The van der Waals surface area contributed by atoms with Crippen LogP contribution in [0.3, 0.4) is 0 Å². The number of ether oxygens (including phenoxy) is 2. The van der Waals surface area contributed by atoms with Gasteiger partial charge in [-0.15, -0.1) is 0 Å². The van der Waals surface area contributed by atoms with Crippen molar-refractivity contribution in [1.82, 2.24) is 4.57 Å². The Balaban J connectivity index is 2.10. The SMILES string of the molecule is COc1ccc2c(ccn2CCOC(C)(C)C)c1. The van der Waals surface area contributed by atoms with Crippen molar-refractivity contribution in [2.24, 2.45) is 0 Å². The molecule has 0 aliphatic carbocycles. The fourth-order valence-electron chi connectivity index (χ4n) is 1.95. The highest BCUT2D eigenvalue weighted by molar-refractivity contribution is 5.81. The van der Waals surface area contributed by atoms with Gasteiger partial charge in [0.05, 0.1) is 19.3 Å². The molecule has 0 saturated carbocycles. The van der Waals surface area contributed by atoms with Gasteiger partial charge in [-0.3, -0.25) is 0 Å². The van der Waals surface area contributed by atoms with Crippen LogP contribution in [0.25, 0.3) is 10.9 Å². The molecule has 1 aromatic heterocycles. The highest BCUT2D eigenvalue weighted by atomic mass is 16.5. The number of rotatable bonds is 4. The summed E-state index contributed by atoms with van der Waals surface area (Å²) in [5, 5.41) is 1.20. The Morgan fingerprint density at radius 1 is 1.17 bits per heavy atom. The van der Waals surface area contributed by atoms with Crippen LogP contribution in [0.5, 0.6) is 5.75 Å². The molecule has 18 heavy (non-hydrogen) atoms. The zero-order chi connectivity index (χ0) is 13.2. The van der Waals surface area contributed by atoms with Gasteiger partial charge in [-0.1, -0.05) is 0 Å². The fraction of sp³-hybridized carbons (Fsp3) is 0.467. The van der Waals surface area contributed by atoms with Crippen LogP contribution < -0.4 is 4.74 Å². The summed E-state index contributed by atoms with van der Waals surface area (Å²) in [7, 11) is 1.69. The van der Waals surface area contributed by atoms with E-state index in [1.165, 1.54) is 10.9 Å². The maximum atomic E-state index is 5.75. The van der Waals surface area contributed by atoms with Crippen molar-refractivity contribution in [2.75, 3.05) is 13.7 Å². The number of nitrogens with zero attached hydrogens (tertiary/aromatic N) is 1. The summed E-state index contributed by atoms with van der Waals surface area (Å²) in [5.41, 5.74) is 1.14. The number of methoxy groups -OCH3 is 1. The van der Waals surface area contributed by atoms with E-state index in [0.717, 1.165) is 18.9 Å². The Bertz CT molecular complexity index is 523. The first-order valence-electron chi connectivity index (χ1n) is 6.26. The minimum Gasteiger partial charge on any atom is -0.497 e. The maximum absolute atomic E-state index is 5.75. The van der Waals surface area contributed by atoms with Gasteiger partial charge in [-0.05, 0) is 45.0 Å². The highest BCUT2D eigenvalue weighted by Gasteiger charge is 2.10. The first kappa shape index (κ1) is 13.0. The van der Waals surface area contributed by atoms with E-state index in [2.05, 4.69) is 49.7 Å². The summed E-state index contributed by atoms with van der Waals surface area (Å²) in [6.45, 7) is 7.81. The standard InChI is InChI=1S/C15H21NO2/c1-15(2,3)18-10-9-16-8-7-12-11-13(17-4)5-6-14(12)16/h5-8,11H,9-10H2,1-4H3. The molecule has 0 aliphatic rings. The largest absolute Gasteiger partial charge is 0.497 e. The van der Waals surface area contributed by atoms with Crippen LogP contribution >= 0.6 is 0 Å². The van der Waals surface area contributed by atoms with Gasteiger partial charge in [0.2, 0.25) is 0 Å². The normalized spacial score (nSPS) is 12.0. The van der Waals surface area contributed by atoms with E-state index >= 15 is 0 Å². The average Bonchev–Trinajstić information content (AvgIpc) is 2.70. The van der Waals surface area contributed by atoms with E-state index in [4.69, 9.17) is 9.47 Å². The Hall–Kier alpha value is -1.48. The smallest absolute Gasteiger partial charge is 0.119 e. The highest BCUT2D eigenvalue weighted by Crippen LogP contribution is 2.21. The van der Waals surface area contributed by atoms with E-state index < -0.39 is 0 Å². The van der Waals surface area contributed by atoms with Gasteiger partial charge in [0, 0.05) is 23.6 Å². The summed E-state index contributed by atoms with van der Waals surface area (Å²) in [6, 6.07) is 8.24. The molecule has 0 saturated heterocycles. The average molecular weight is 247 g/mol. The molecular formula is C15H21NO2. The minimum atomic E-state index is -0.0772. The second-order valence-electron chi connectivity index (χ2n) is 5.39. The van der Waals surface area contributed by atoms with Gasteiger partial charge >= 0.3 is 0 Å². The molecular weight excluding hydrogens is 226 g/mol. The Morgan fingerprint density at radius 3 is 2.61 bits per heavy atom. The number of aromatic nitrogens is 1. The minimum absolute atomic E-state index is 0.0772. The van der Waals surface area contributed by atoms with Gasteiger partial charge in [-0.2, -0.15) is 0 Å². The third-order valence-electron chi connectivity index (χ3n) is 2.85. The molecule has 0 N–H and O–H groups in total. The molecule has 3 nitrogen and oxygen atoms in total. The van der Waals surface area contributed by atoms with Crippen LogP contribution in [-0.2, 0) is 11.3 Å². The molecule has 0 fully saturated rings. The monoisotopic (exact) mass is 247 g/mol. The fourth-order valence-corrected chi connectivity index (χ4v) is 1.95. The molecule has 0 spiro atoms. The van der Waals surface area contributed by atoms with Crippen molar-refractivity contribution < 1.29 is 9.47 Å². The summed E-state index contributed by atoms with van der Waals surface area (Å²) in [5.74, 6) is 0.895. The summed E-state index contributed by atoms with van der Waals surface area (Å²) in [6.07, 6.45) is 2.09. The van der Waals surface area contributed by atoms with Crippen LogP contribution in [0.1, 0.15) is 20.8 Å². The number of hydrogen-bond acceptors (Lipinski definition) is 2. The van der Waals surface area contributed by atoms with E-state index in [1.807, 2.05) is 6.07 Å². The molecule has 0 atom stereocenters. The van der Waals surface area contributed by atoms with Gasteiger partial charge in [-0.25, -0.2) is 0 Å². The molecule has 0 bridgehead atoms. The Morgan fingerprint density at radius 2 is 1.94 bits per heavy atom. The molecule has 1 aromatic carbocycles. The topological polar surface area (TPSA) is 23.4 Å². The van der Waals surface area contributed by atoms with Gasteiger partial charge in [0.1, 0.15) is 5.75 Å². The quantitative estimate of drug-likeness (QED) is 0.826. The van der Waals surface area contributed by atoms with E-state index in [9.17, 15) is 0 Å². The predicted molar refractivity (Wildman–Crippen MR) is 74.2 cm³/mol. The van der Waals surface area contributed by atoms with E-state index in [1.54, 1.807) is 7.11 Å². The van der Waals surface area contributed by atoms with Crippen molar-refractivity contribution in [1.29, 1.82) is 0 Å². The lowest BCUT2D eigenvalue weighted by atomic mass is 10.2. The second kappa shape index (κ2) is 5.02. The first-order chi connectivity index (χ1) is 8.49. The number of fused-ring (bicyclic) bond motifs is 1. The van der Waals surface area contributed by atoms with Crippen molar-refractivity contribution >= 4 is 10.9 Å². The van der Waals surface area contributed by atoms with Crippen LogP contribution in [0.15, 0.2) is 30.5 Å². The predicted octanol–water partition coefficient (Wildman–Crippen LogP) is 3.47. The number of hydrogen-bond donors (Lipinski definition) is 0. The lowest BCUT2D eigenvalue weighted by molar-refractivity contribution is -0.00644. The zero-order valence-electron chi connectivity index (χ0n) is 11.6. The molecule has 3 heteroatoms. The van der Waals surface area contributed by atoms with Gasteiger partial charge in [0.15, 0.2) is 0 Å². The van der Waals surface area contributed by atoms with Crippen molar-refractivity contribution in [3.63, 3.8) is 0 Å². The van der Waals surface area contributed by atoms with Gasteiger partial charge < -0.3 is 14.0 Å². The molecule has 0 unspecified atom stereocenters. The van der Waals surface area contributed by atoms with E-state index in [-0.39, 0.29) is 5.60 Å². The van der Waals surface area contributed by atoms with Crippen LogP contribution in [0, 0.1) is 0 Å². The van der Waals surface area contributed by atoms with Crippen LogP contribution in [-0.4, -0.2) is 23.9 Å². The molecule has 98 valence electrons. The van der Waals surface area contributed by atoms with Crippen molar-refractivity contribution in [3.8, 4) is 5.75 Å². The second-order valence-corrected chi connectivity index (χ2v) is 5.39. The molecule has 0 radical (unpaired) electrons. The molecule has 1 heterocycles. The first-order valence-corrected chi connectivity index (χ1v) is 6.26.